The van der Waals surface area contributed by atoms with Gasteiger partial charge in [0.25, 0.3) is 0 Å². The zero-order valence-corrected chi connectivity index (χ0v) is 12.7. The molecule has 0 radical (unpaired) electrons. The Morgan fingerprint density at radius 1 is 1.26 bits per heavy atom. The van der Waals surface area contributed by atoms with Gasteiger partial charge in [0.2, 0.25) is 10.0 Å². The molecule has 6 heteroatoms. The molecule has 2 heterocycles. The Morgan fingerprint density at radius 2 is 2.11 bits per heavy atom. The molecule has 0 amide bonds. The molecular weight excluding hydrogens is 262 g/mol. The molecule has 0 aliphatic carbocycles. The third kappa shape index (κ3) is 5.02. The van der Waals surface area contributed by atoms with E-state index in [1.807, 2.05) is 0 Å². The number of sulfonamides is 1. The van der Waals surface area contributed by atoms with Crippen molar-refractivity contribution in [3.63, 3.8) is 0 Å². The average Bonchev–Trinajstić information content (AvgIpc) is 2.81. The van der Waals surface area contributed by atoms with E-state index >= 15 is 0 Å². The third-order valence-corrected chi connectivity index (χ3v) is 5.74. The summed E-state index contributed by atoms with van der Waals surface area (Å²) in [4.78, 5) is 2.24. The molecule has 0 aromatic rings. The Kier molecular flexibility index (Phi) is 5.62. The summed E-state index contributed by atoms with van der Waals surface area (Å²) >= 11 is 0. The minimum atomic E-state index is -3.11. The van der Waals surface area contributed by atoms with E-state index in [1.54, 1.807) is 0 Å². The summed E-state index contributed by atoms with van der Waals surface area (Å²) in [6, 6.07) is 0.766. The molecule has 2 atom stereocenters. The first-order valence-electron chi connectivity index (χ1n) is 7.48. The predicted octanol–water partition coefficient (Wildman–Crippen LogP) is 0.532. The van der Waals surface area contributed by atoms with Crippen LogP contribution in [0.1, 0.15) is 38.5 Å². The molecule has 2 unspecified atom stereocenters. The Bertz CT molecular complexity index is 366. The van der Waals surface area contributed by atoms with E-state index in [1.165, 1.54) is 19.3 Å². The van der Waals surface area contributed by atoms with E-state index in [2.05, 4.69) is 22.0 Å². The molecule has 2 N–H and O–H groups in total. The SMILES string of the molecule is CN1CCCC1CNS(=O)(=O)CCC1CCCCN1. The number of hydrogen-bond donors (Lipinski definition) is 2. The third-order valence-electron chi connectivity index (χ3n) is 4.36. The van der Waals surface area contributed by atoms with E-state index in [-0.39, 0.29) is 5.75 Å². The summed E-state index contributed by atoms with van der Waals surface area (Å²) in [6.07, 6.45) is 6.56. The van der Waals surface area contributed by atoms with Gasteiger partial charge in [0.1, 0.15) is 0 Å². The van der Waals surface area contributed by atoms with E-state index in [4.69, 9.17) is 0 Å². The lowest BCUT2D eigenvalue weighted by Gasteiger charge is -2.24. The van der Waals surface area contributed by atoms with Crippen LogP contribution in [0.2, 0.25) is 0 Å². The lowest BCUT2D eigenvalue weighted by atomic mass is 10.0. The molecule has 0 aromatic carbocycles. The van der Waals surface area contributed by atoms with Crippen LogP contribution in [0, 0.1) is 0 Å². The van der Waals surface area contributed by atoms with Crippen LogP contribution >= 0.6 is 0 Å². The van der Waals surface area contributed by atoms with Crippen molar-refractivity contribution in [3.05, 3.63) is 0 Å². The summed E-state index contributed by atoms with van der Waals surface area (Å²) in [5.41, 5.74) is 0. The highest BCUT2D eigenvalue weighted by molar-refractivity contribution is 7.89. The lowest BCUT2D eigenvalue weighted by Crippen LogP contribution is -2.41. The van der Waals surface area contributed by atoms with Gasteiger partial charge in [-0.2, -0.15) is 0 Å². The molecule has 112 valence electrons. The molecule has 2 rings (SSSR count). The van der Waals surface area contributed by atoms with E-state index in [0.29, 0.717) is 18.6 Å². The smallest absolute Gasteiger partial charge is 0.211 e. The highest BCUT2D eigenvalue weighted by atomic mass is 32.2. The summed E-state index contributed by atoms with van der Waals surface area (Å²) in [7, 11) is -1.04. The largest absolute Gasteiger partial charge is 0.314 e. The summed E-state index contributed by atoms with van der Waals surface area (Å²) in [5.74, 6) is 0.251. The zero-order chi connectivity index (χ0) is 13.7. The number of likely N-dealkylation sites (N-methyl/N-ethyl adjacent to an activating group) is 1. The van der Waals surface area contributed by atoms with Gasteiger partial charge in [-0.15, -0.1) is 0 Å². The fraction of sp³-hybridized carbons (Fsp3) is 1.00. The number of rotatable bonds is 6. The summed E-state index contributed by atoms with van der Waals surface area (Å²) < 4.78 is 26.7. The minimum Gasteiger partial charge on any atom is -0.314 e. The second kappa shape index (κ2) is 7.02. The van der Waals surface area contributed by atoms with Crippen molar-refractivity contribution < 1.29 is 8.42 Å². The van der Waals surface area contributed by atoms with Gasteiger partial charge in [-0.05, 0) is 52.2 Å². The Balaban J connectivity index is 1.69. The van der Waals surface area contributed by atoms with Gasteiger partial charge in [0.15, 0.2) is 0 Å². The predicted molar refractivity (Wildman–Crippen MR) is 77.7 cm³/mol. The molecule has 0 saturated carbocycles. The van der Waals surface area contributed by atoms with Crippen molar-refractivity contribution >= 4 is 10.0 Å². The van der Waals surface area contributed by atoms with Crippen molar-refractivity contribution in [1.82, 2.24) is 14.9 Å². The first-order chi connectivity index (χ1) is 9.07. The quantitative estimate of drug-likeness (QED) is 0.749. The van der Waals surface area contributed by atoms with Crippen LogP contribution in [-0.4, -0.2) is 57.8 Å². The number of nitrogens with zero attached hydrogens (tertiary/aromatic N) is 1. The number of piperidine rings is 1. The normalized spacial score (nSPS) is 29.7. The minimum absolute atomic E-state index is 0.251. The maximum Gasteiger partial charge on any atom is 0.211 e. The molecule has 0 spiro atoms. The van der Waals surface area contributed by atoms with Crippen molar-refractivity contribution in [1.29, 1.82) is 0 Å². The zero-order valence-electron chi connectivity index (χ0n) is 11.9. The van der Waals surface area contributed by atoms with E-state index in [9.17, 15) is 8.42 Å². The lowest BCUT2D eigenvalue weighted by molar-refractivity contribution is 0.310. The molecule has 2 aliphatic rings. The van der Waals surface area contributed by atoms with Crippen LogP contribution in [0.25, 0.3) is 0 Å². The second-order valence-corrected chi connectivity index (χ2v) is 7.81. The van der Waals surface area contributed by atoms with Gasteiger partial charge < -0.3 is 10.2 Å². The van der Waals surface area contributed by atoms with Gasteiger partial charge >= 0.3 is 0 Å². The van der Waals surface area contributed by atoms with Gasteiger partial charge in [-0.3, -0.25) is 0 Å². The van der Waals surface area contributed by atoms with Gasteiger partial charge in [-0.25, -0.2) is 13.1 Å². The second-order valence-electron chi connectivity index (χ2n) is 5.88. The maximum atomic E-state index is 12.0. The molecule has 2 aliphatic heterocycles. The van der Waals surface area contributed by atoms with Crippen molar-refractivity contribution in [2.45, 2.75) is 50.6 Å². The van der Waals surface area contributed by atoms with Crippen LogP contribution in [-0.2, 0) is 10.0 Å². The number of nitrogens with one attached hydrogen (secondary N) is 2. The Hall–Kier alpha value is -0.170. The average molecular weight is 289 g/mol. The number of likely N-dealkylation sites (tertiary alicyclic amines) is 1. The molecule has 0 aromatic heterocycles. The van der Waals surface area contributed by atoms with Crippen LogP contribution in [0.15, 0.2) is 0 Å². The standard InChI is InChI=1S/C13H27N3O2S/c1-16-9-4-6-13(16)11-15-19(17,18)10-7-12-5-2-3-8-14-12/h12-15H,2-11H2,1H3. The molecule has 2 fully saturated rings. The van der Waals surface area contributed by atoms with E-state index in [0.717, 1.165) is 32.4 Å². The topological polar surface area (TPSA) is 61.4 Å². The van der Waals surface area contributed by atoms with Gasteiger partial charge in [-0.1, -0.05) is 6.42 Å². The molecule has 2 saturated heterocycles. The molecule has 0 bridgehead atoms. The van der Waals surface area contributed by atoms with Crippen LogP contribution in [0.4, 0.5) is 0 Å². The van der Waals surface area contributed by atoms with E-state index < -0.39 is 10.0 Å². The highest BCUT2D eigenvalue weighted by Crippen LogP contribution is 2.14. The van der Waals surface area contributed by atoms with Crippen molar-refractivity contribution in [2.75, 3.05) is 32.4 Å². The summed E-state index contributed by atoms with van der Waals surface area (Å²) in [6.45, 7) is 2.68. The van der Waals surface area contributed by atoms with Crippen LogP contribution in [0.5, 0.6) is 0 Å². The van der Waals surface area contributed by atoms with Crippen LogP contribution < -0.4 is 10.0 Å². The van der Waals surface area contributed by atoms with Crippen molar-refractivity contribution in [2.24, 2.45) is 0 Å². The molecule has 19 heavy (non-hydrogen) atoms. The monoisotopic (exact) mass is 289 g/mol. The fourth-order valence-electron chi connectivity index (χ4n) is 3.00. The van der Waals surface area contributed by atoms with Crippen molar-refractivity contribution in [3.8, 4) is 0 Å². The first-order valence-corrected chi connectivity index (χ1v) is 9.13. The van der Waals surface area contributed by atoms with Crippen LogP contribution in [0.3, 0.4) is 0 Å². The van der Waals surface area contributed by atoms with Gasteiger partial charge in [0.05, 0.1) is 5.75 Å². The molecular formula is C13H27N3O2S. The highest BCUT2D eigenvalue weighted by Gasteiger charge is 2.23. The Labute approximate surface area is 117 Å². The maximum absolute atomic E-state index is 12.0. The molecule has 5 nitrogen and oxygen atoms in total. The number of hydrogen-bond acceptors (Lipinski definition) is 4. The Morgan fingerprint density at radius 3 is 2.74 bits per heavy atom. The summed E-state index contributed by atoms with van der Waals surface area (Å²) in [5, 5.41) is 3.40. The van der Waals surface area contributed by atoms with Gasteiger partial charge in [0, 0.05) is 18.6 Å². The first kappa shape index (κ1) is 15.2. The fourth-order valence-corrected chi connectivity index (χ4v) is 4.19.